The van der Waals surface area contributed by atoms with Gasteiger partial charge in [-0.1, -0.05) is 60.7 Å². The molecule has 3 rings (SSSR count). The van der Waals surface area contributed by atoms with E-state index in [1.165, 1.54) is 0 Å². The molecule has 0 unspecified atom stereocenters. The lowest BCUT2D eigenvalue weighted by Crippen LogP contribution is -2.29. The van der Waals surface area contributed by atoms with Crippen LogP contribution < -0.4 is 10.2 Å². The predicted molar refractivity (Wildman–Crippen MR) is 101 cm³/mol. The number of rotatable bonds is 5. The maximum absolute atomic E-state index is 12.8. The van der Waals surface area contributed by atoms with E-state index in [1.807, 2.05) is 79.7 Å². The Bertz CT molecular complexity index is 793. The van der Waals surface area contributed by atoms with Crippen molar-refractivity contribution in [2.24, 2.45) is 0 Å². The van der Waals surface area contributed by atoms with E-state index in [0.29, 0.717) is 5.56 Å². The van der Waals surface area contributed by atoms with Crippen molar-refractivity contribution in [3.8, 4) is 0 Å². The molecule has 4 nitrogen and oxygen atoms in total. The monoisotopic (exact) mass is 331 g/mol. The summed E-state index contributed by atoms with van der Waals surface area (Å²) in [5.74, 6) is 0.631. The van der Waals surface area contributed by atoms with E-state index in [9.17, 15) is 4.79 Å². The highest BCUT2D eigenvalue weighted by Crippen LogP contribution is 2.22. The standard InChI is InChI=1S/C21H21N3O/c1-24(2)19-15-18(13-14-22-19)21(25)23-20(16-9-5-3-6-10-16)17-11-7-4-8-12-17/h3-15,20H,1-2H3,(H,23,25). The van der Waals surface area contributed by atoms with Crippen molar-refractivity contribution in [2.45, 2.75) is 6.04 Å². The number of hydrogen-bond acceptors (Lipinski definition) is 3. The molecule has 1 heterocycles. The van der Waals surface area contributed by atoms with Crippen molar-refractivity contribution in [1.82, 2.24) is 10.3 Å². The second-order valence-electron chi connectivity index (χ2n) is 6.02. The highest BCUT2D eigenvalue weighted by Gasteiger charge is 2.18. The molecule has 0 atom stereocenters. The topological polar surface area (TPSA) is 45.2 Å². The zero-order chi connectivity index (χ0) is 17.6. The smallest absolute Gasteiger partial charge is 0.252 e. The number of pyridine rings is 1. The number of carbonyl (C=O) groups is 1. The minimum absolute atomic E-state index is 0.122. The van der Waals surface area contributed by atoms with E-state index in [0.717, 1.165) is 16.9 Å². The number of benzene rings is 2. The first-order valence-corrected chi connectivity index (χ1v) is 8.19. The second kappa shape index (κ2) is 7.62. The number of carbonyl (C=O) groups excluding carboxylic acids is 1. The number of nitrogens with one attached hydrogen (secondary N) is 1. The molecule has 0 radical (unpaired) electrons. The molecule has 2 aromatic carbocycles. The van der Waals surface area contributed by atoms with Gasteiger partial charge in [-0.2, -0.15) is 0 Å². The van der Waals surface area contributed by atoms with Gasteiger partial charge < -0.3 is 10.2 Å². The van der Waals surface area contributed by atoms with Crippen molar-refractivity contribution < 1.29 is 4.79 Å². The van der Waals surface area contributed by atoms with Crippen molar-refractivity contribution in [3.63, 3.8) is 0 Å². The Balaban J connectivity index is 1.90. The van der Waals surface area contributed by atoms with Crippen LogP contribution in [0.5, 0.6) is 0 Å². The third-order valence-corrected chi connectivity index (χ3v) is 4.01. The third-order valence-electron chi connectivity index (χ3n) is 4.01. The van der Waals surface area contributed by atoms with Gasteiger partial charge in [0.15, 0.2) is 0 Å². The fraction of sp³-hybridized carbons (Fsp3) is 0.143. The maximum atomic E-state index is 12.8. The van der Waals surface area contributed by atoms with Gasteiger partial charge in [0.25, 0.3) is 5.91 Å². The largest absolute Gasteiger partial charge is 0.363 e. The van der Waals surface area contributed by atoms with Crippen LogP contribution in [0.4, 0.5) is 5.82 Å². The highest BCUT2D eigenvalue weighted by molar-refractivity contribution is 5.95. The number of amides is 1. The summed E-state index contributed by atoms with van der Waals surface area (Å²) in [4.78, 5) is 19.0. The lowest BCUT2D eigenvalue weighted by Gasteiger charge is -2.20. The number of nitrogens with zero attached hydrogens (tertiary/aromatic N) is 2. The predicted octanol–water partition coefficient (Wildman–Crippen LogP) is 3.67. The van der Waals surface area contributed by atoms with E-state index in [4.69, 9.17) is 0 Å². The molecule has 126 valence electrons. The molecule has 0 bridgehead atoms. The Morgan fingerprint density at radius 1 is 0.920 bits per heavy atom. The van der Waals surface area contributed by atoms with Crippen LogP contribution in [0.1, 0.15) is 27.5 Å². The van der Waals surface area contributed by atoms with E-state index in [1.54, 1.807) is 18.3 Å². The van der Waals surface area contributed by atoms with Crippen LogP contribution >= 0.6 is 0 Å². The van der Waals surface area contributed by atoms with Gasteiger partial charge in [0.1, 0.15) is 5.82 Å². The third kappa shape index (κ3) is 4.04. The fourth-order valence-corrected chi connectivity index (χ4v) is 2.67. The van der Waals surface area contributed by atoms with Crippen LogP contribution in [0.25, 0.3) is 0 Å². The van der Waals surface area contributed by atoms with Crippen LogP contribution in [0, 0.1) is 0 Å². The Morgan fingerprint density at radius 3 is 2.00 bits per heavy atom. The van der Waals surface area contributed by atoms with Crippen LogP contribution in [-0.2, 0) is 0 Å². The minimum atomic E-state index is -0.203. The van der Waals surface area contributed by atoms with Gasteiger partial charge in [0.05, 0.1) is 6.04 Å². The summed E-state index contributed by atoms with van der Waals surface area (Å²) >= 11 is 0. The molecule has 0 aliphatic rings. The summed E-state index contributed by atoms with van der Waals surface area (Å²) in [6.07, 6.45) is 1.66. The molecule has 0 saturated carbocycles. The van der Waals surface area contributed by atoms with E-state index < -0.39 is 0 Å². The molecule has 3 aromatic rings. The molecule has 0 spiro atoms. The van der Waals surface area contributed by atoms with Crippen molar-refractivity contribution in [1.29, 1.82) is 0 Å². The molecular formula is C21H21N3O. The molecule has 0 aliphatic heterocycles. The lowest BCUT2D eigenvalue weighted by molar-refractivity contribution is 0.0943. The first-order chi connectivity index (χ1) is 12.1. The summed E-state index contributed by atoms with van der Waals surface area (Å²) in [7, 11) is 3.81. The molecular weight excluding hydrogens is 310 g/mol. The van der Waals surface area contributed by atoms with Crippen LogP contribution in [0.15, 0.2) is 79.0 Å². The summed E-state index contributed by atoms with van der Waals surface area (Å²) in [6, 6.07) is 23.3. The van der Waals surface area contributed by atoms with Gasteiger partial charge in [-0.05, 0) is 23.3 Å². The van der Waals surface area contributed by atoms with Gasteiger partial charge in [0.2, 0.25) is 0 Å². The van der Waals surface area contributed by atoms with Gasteiger partial charge in [-0.25, -0.2) is 4.98 Å². The van der Waals surface area contributed by atoms with E-state index in [-0.39, 0.29) is 11.9 Å². The quantitative estimate of drug-likeness (QED) is 0.776. The average molecular weight is 331 g/mol. The molecule has 1 amide bonds. The van der Waals surface area contributed by atoms with Gasteiger partial charge >= 0.3 is 0 Å². The first kappa shape index (κ1) is 16.7. The maximum Gasteiger partial charge on any atom is 0.252 e. The lowest BCUT2D eigenvalue weighted by atomic mass is 9.98. The first-order valence-electron chi connectivity index (χ1n) is 8.19. The van der Waals surface area contributed by atoms with Crippen molar-refractivity contribution >= 4 is 11.7 Å². The summed E-state index contributed by atoms with van der Waals surface area (Å²) in [6.45, 7) is 0. The van der Waals surface area contributed by atoms with Crippen molar-refractivity contribution in [2.75, 3.05) is 19.0 Å². The summed E-state index contributed by atoms with van der Waals surface area (Å²) in [5.41, 5.74) is 2.68. The molecule has 0 aliphatic carbocycles. The van der Waals surface area contributed by atoms with Crippen molar-refractivity contribution in [3.05, 3.63) is 95.7 Å². The fourth-order valence-electron chi connectivity index (χ4n) is 2.67. The second-order valence-corrected chi connectivity index (χ2v) is 6.02. The molecule has 0 saturated heterocycles. The van der Waals surface area contributed by atoms with Crippen LogP contribution in [-0.4, -0.2) is 25.0 Å². The normalized spacial score (nSPS) is 10.5. The molecule has 25 heavy (non-hydrogen) atoms. The molecule has 4 heteroatoms. The Kier molecular flexibility index (Phi) is 5.09. The zero-order valence-electron chi connectivity index (χ0n) is 14.4. The van der Waals surface area contributed by atoms with E-state index >= 15 is 0 Å². The molecule has 1 aromatic heterocycles. The number of anilines is 1. The summed E-state index contributed by atoms with van der Waals surface area (Å²) < 4.78 is 0. The number of hydrogen-bond donors (Lipinski definition) is 1. The number of aromatic nitrogens is 1. The van der Waals surface area contributed by atoms with Crippen LogP contribution in [0.2, 0.25) is 0 Å². The minimum Gasteiger partial charge on any atom is -0.363 e. The Hall–Kier alpha value is -3.14. The average Bonchev–Trinajstić information content (AvgIpc) is 2.67. The molecule has 1 N–H and O–H groups in total. The summed E-state index contributed by atoms with van der Waals surface area (Å²) in [5, 5.41) is 3.15. The highest BCUT2D eigenvalue weighted by atomic mass is 16.1. The van der Waals surface area contributed by atoms with E-state index in [2.05, 4.69) is 10.3 Å². The van der Waals surface area contributed by atoms with Gasteiger partial charge in [-0.3, -0.25) is 4.79 Å². The SMILES string of the molecule is CN(C)c1cc(C(=O)NC(c2ccccc2)c2ccccc2)ccn1. The van der Waals surface area contributed by atoms with Crippen LogP contribution in [0.3, 0.4) is 0 Å². The Morgan fingerprint density at radius 2 is 1.48 bits per heavy atom. The zero-order valence-corrected chi connectivity index (χ0v) is 14.4. The molecule has 0 fully saturated rings. The Labute approximate surface area is 148 Å². The van der Waals surface area contributed by atoms with Gasteiger partial charge in [-0.15, -0.1) is 0 Å². The van der Waals surface area contributed by atoms with Gasteiger partial charge in [0, 0.05) is 25.9 Å².